The van der Waals surface area contributed by atoms with Gasteiger partial charge in [0.25, 0.3) is 0 Å². The van der Waals surface area contributed by atoms with Gasteiger partial charge < -0.3 is 15.0 Å². The largest absolute Gasteiger partial charge is 0.453 e. The molecule has 0 aromatic rings. The van der Waals surface area contributed by atoms with Crippen LogP contribution in [0.4, 0.5) is 4.79 Å². The van der Waals surface area contributed by atoms with Gasteiger partial charge in [0.15, 0.2) is 0 Å². The summed E-state index contributed by atoms with van der Waals surface area (Å²) in [7, 11) is 1.91. The number of piperidine rings is 1. The highest BCUT2D eigenvalue weighted by Crippen LogP contribution is 2.43. The quantitative estimate of drug-likeness (QED) is 0.746. The average Bonchev–Trinajstić information content (AvgIpc) is 3.16. The van der Waals surface area contributed by atoms with Crippen LogP contribution in [0.25, 0.3) is 0 Å². The van der Waals surface area contributed by atoms with E-state index in [4.69, 9.17) is 0 Å². The first-order chi connectivity index (χ1) is 8.90. The van der Waals surface area contributed by atoms with Crippen molar-refractivity contribution in [3.8, 4) is 0 Å². The molecule has 1 saturated carbocycles. The van der Waals surface area contributed by atoms with Gasteiger partial charge in [-0.2, -0.15) is 0 Å². The van der Waals surface area contributed by atoms with Crippen LogP contribution in [0.3, 0.4) is 0 Å². The third kappa shape index (κ3) is 2.63. The number of methoxy groups -OCH3 is 1. The second kappa shape index (κ2) is 5.15. The predicted molar refractivity (Wildman–Crippen MR) is 75.9 cm³/mol. The van der Waals surface area contributed by atoms with Gasteiger partial charge in [-0.25, -0.2) is 4.79 Å². The van der Waals surface area contributed by atoms with Crippen LogP contribution in [-0.2, 0) is 9.53 Å². The molecule has 0 aromatic heterocycles. The molecule has 1 aliphatic heterocycles. The molecule has 1 saturated heterocycles. The van der Waals surface area contributed by atoms with E-state index in [2.05, 4.69) is 10.1 Å². The summed E-state index contributed by atoms with van der Waals surface area (Å²) in [5.41, 5.74) is 0. The molecule has 6 heteroatoms. The Hall–Kier alpha value is -1.04. The van der Waals surface area contributed by atoms with Crippen molar-refractivity contribution in [1.82, 2.24) is 10.2 Å². The van der Waals surface area contributed by atoms with Gasteiger partial charge in [0.2, 0.25) is 5.91 Å². The number of hydrogen-bond acceptors (Lipinski definition) is 3. The van der Waals surface area contributed by atoms with Crippen LogP contribution >= 0.6 is 0 Å². The minimum atomic E-state index is -0.752. The zero-order valence-electron chi connectivity index (χ0n) is 12.2. The lowest BCUT2D eigenvalue weighted by Crippen LogP contribution is -2.64. The third-order valence-corrected chi connectivity index (χ3v) is 6.50. The number of ether oxygens (including phenoxy) is 1. The number of amides is 2. The van der Waals surface area contributed by atoms with Gasteiger partial charge in [0.1, 0.15) is 5.16 Å². The van der Waals surface area contributed by atoms with Crippen LogP contribution < -0.4 is 5.32 Å². The van der Waals surface area contributed by atoms with E-state index in [9.17, 15) is 9.59 Å². The number of nitrogens with zero attached hydrogens (tertiary/aromatic N) is 1. The second-order valence-electron chi connectivity index (χ2n) is 6.18. The summed E-state index contributed by atoms with van der Waals surface area (Å²) in [6.07, 6.45) is 2.95. The Labute approximate surface area is 117 Å². The number of carbonyl (C=O) groups is 2. The van der Waals surface area contributed by atoms with Gasteiger partial charge in [-0.1, -0.05) is 13.8 Å². The first-order valence-electron chi connectivity index (χ1n) is 7.07. The molecule has 19 heavy (non-hydrogen) atoms. The molecule has 0 bridgehead atoms. The molecule has 0 spiro atoms. The molecule has 0 radical (unpaired) electrons. The maximum atomic E-state index is 12.8. The minimum Gasteiger partial charge on any atom is -0.453 e. The zero-order chi connectivity index (χ0) is 14.2. The second-order valence-corrected chi connectivity index (χ2v) is 7.75. The molecule has 2 aliphatic rings. The molecular weight excluding hydrogens is 260 g/mol. The van der Waals surface area contributed by atoms with Crippen LogP contribution in [-0.4, -0.2) is 52.0 Å². The summed E-state index contributed by atoms with van der Waals surface area (Å²) < 4.78 is 4.67. The average molecular weight is 284 g/mol. The van der Waals surface area contributed by atoms with Crippen molar-refractivity contribution >= 4 is 22.2 Å². The first-order valence-corrected chi connectivity index (χ1v) is 8.07. The Kier molecular flexibility index (Phi) is 3.89. The Morgan fingerprint density at radius 1 is 1.47 bits per heavy atom. The van der Waals surface area contributed by atoms with Crippen LogP contribution in [0, 0.1) is 11.8 Å². The highest BCUT2D eigenvalue weighted by Gasteiger charge is 2.51. The Bertz CT molecular complexity index is 388. The van der Waals surface area contributed by atoms with E-state index < -0.39 is 11.3 Å². The van der Waals surface area contributed by atoms with E-state index in [-0.39, 0.29) is 11.8 Å². The third-order valence-electron chi connectivity index (χ3n) is 4.67. The first kappa shape index (κ1) is 14.4. The van der Waals surface area contributed by atoms with Crippen molar-refractivity contribution in [3.63, 3.8) is 0 Å². The molecule has 0 aromatic carbocycles. The molecule has 5 nitrogen and oxygen atoms in total. The van der Waals surface area contributed by atoms with E-state index in [1.54, 1.807) is 0 Å². The smallest absolute Gasteiger partial charge is 0.407 e. The van der Waals surface area contributed by atoms with E-state index >= 15 is 0 Å². The van der Waals surface area contributed by atoms with Gasteiger partial charge in [0, 0.05) is 22.8 Å². The molecule has 2 rings (SSSR count). The molecular formula is C13H24N2O3Si. The highest BCUT2D eigenvalue weighted by atomic mass is 28.1. The number of likely N-dealkylation sites (tertiary alicyclic amines) is 1. The molecule has 2 amide bonds. The SMILES string of the molecule is COC(=O)NC([SiH3])(C(=O)N1CCCC2CC21)C(C)C. The molecule has 3 unspecified atom stereocenters. The maximum Gasteiger partial charge on any atom is 0.407 e. The summed E-state index contributed by atoms with van der Waals surface area (Å²) in [5, 5.41) is 2.04. The number of hydrogen-bond donors (Lipinski definition) is 1. The van der Waals surface area contributed by atoms with Crippen LogP contribution in [0.15, 0.2) is 0 Å². The lowest BCUT2D eigenvalue weighted by molar-refractivity contribution is -0.137. The van der Waals surface area contributed by atoms with Crippen LogP contribution in [0.2, 0.25) is 0 Å². The molecule has 1 heterocycles. The number of carbonyl (C=O) groups excluding carboxylic acids is 2. The van der Waals surface area contributed by atoms with Crippen LogP contribution in [0.1, 0.15) is 33.1 Å². The zero-order valence-corrected chi connectivity index (χ0v) is 14.2. The van der Waals surface area contributed by atoms with E-state index in [1.165, 1.54) is 13.5 Å². The molecule has 3 atom stereocenters. The molecule has 1 aliphatic carbocycles. The lowest BCUT2D eigenvalue weighted by Gasteiger charge is -2.39. The minimum absolute atomic E-state index is 0.0740. The highest BCUT2D eigenvalue weighted by molar-refractivity contribution is 6.29. The summed E-state index contributed by atoms with van der Waals surface area (Å²) >= 11 is 0. The summed E-state index contributed by atoms with van der Waals surface area (Å²) in [6.45, 7) is 4.80. The monoisotopic (exact) mass is 284 g/mol. The fraction of sp³-hybridized carbons (Fsp3) is 0.846. The number of rotatable bonds is 3. The van der Waals surface area contributed by atoms with Crippen molar-refractivity contribution in [2.24, 2.45) is 11.8 Å². The molecule has 108 valence electrons. The number of alkyl carbamates (subject to hydrolysis) is 1. The maximum absolute atomic E-state index is 12.8. The number of nitrogens with one attached hydrogen (secondary N) is 1. The van der Waals surface area contributed by atoms with Gasteiger partial charge in [0.05, 0.1) is 7.11 Å². The summed E-state index contributed by atoms with van der Waals surface area (Å²) in [5.74, 6) is 0.866. The summed E-state index contributed by atoms with van der Waals surface area (Å²) in [6, 6.07) is 0.424. The lowest BCUT2D eigenvalue weighted by atomic mass is 10.00. The normalized spacial score (nSPS) is 28.5. The summed E-state index contributed by atoms with van der Waals surface area (Å²) in [4.78, 5) is 26.4. The van der Waals surface area contributed by atoms with Gasteiger partial charge >= 0.3 is 6.09 Å². The van der Waals surface area contributed by atoms with Gasteiger partial charge in [-0.05, 0) is 31.1 Å². The Balaban J connectivity index is 2.13. The Morgan fingerprint density at radius 3 is 2.74 bits per heavy atom. The van der Waals surface area contributed by atoms with Crippen molar-refractivity contribution in [1.29, 1.82) is 0 Å². The standard InChI is InChI=1S/C13H24N2O3Si/c1-8(2)13(19,14-12(17)18-3)11(16)15-6-4-5-9-7-10(9)15/h8-10H,4-7H2,1-3,19H3,(H,14,17). The Morgan fingerprint density at radius 2 is 2.16 bits per heavy atom. The topological polar surface area (TPSA) is 58.6 Å². The van der Waals surface area contributed by atoms with Crippen molar-refractivity contribution in [2.45, 2.75) is 44.3 Å². The number of fused-ring (bicyclic) bond motifs is 1. The van der Waals surface area contributed by atoms with Crippen molar-refractivity contribution in [2.75, 3.05) is 13.7 Å². The van der Waals surface area contributed by atoms with Crippen LogP contribution in [0.5, 0.6) is 0 Å². The van der Waals surface area contributed by atoms with E-state index in [0.29, 0.717) is 22.2 Å². The van der Waals surface area contributed by atoms with Gasteiger partial charge in [-0.3, -0.25) is 4.79 Å². The molecule has 2 fully saturated rings. The van der Waals surface area contributed by atoms with E-state index in [1.807, 2.05) is 18.7 Å². The van der Waals surface area contributed by atoms with Crippen molar-refractivity contribution in [3.05, 3.63) is 0 Å². The fourth-order valence-electron chi connectivity index (χ4n) is 2.87. The predicted octanol–water partition coefficient (Wildman–Crippen LogP) is 0.0710. The fourth-order valence-corrected chi connectivity index (χ4v) is 3.36. The van der Waals surface area contributed by atoms with E-state index in [0.717, 1.165) is 19.4 Å². The van der Waals surface area contributed by atoms with Crippen molar-refractivity contribution < 1.29 is 14.3 Å². The molecule has 1 N–H and O–H groups in total. The van der Waals surface area contributed by atoms with Gasteiger partial charge in [-0.15, -0.1) is 0 Å².